The third-order valence-electron chi connectivity index (χ3n) is 4.06. The predicted octanol–water partition coefficient (Wildman–Crippen LogP) is 2.45. The molecular formula is C15H20N2O. The molecule has 3 nitrogen and oxygen atoms in total. The number of ether oxygens (including phenoxy) is 1. The molecule has 18 heavy (non-hydrogen) atoms. The summed E-state index contributed by atoms with van der Waals surface area (Å²) in [6.07, 6.45) is 7.97. The molecule has 0 aromatic carbocycles. The lowest BCUT2D eigenvalue weighted by Gasteiger charge is -2.44. The average Bonchev–Trinajstić information content (AvgIpc) is 2.40. The van der Waals surface area contributed by atoms with Gasteiger partial charge in [0.05, 0.1) is 6.61 Å². The molecule has 1 aromatic heterocycles. The van der Waals surface area contributed by atoms with Crippen LogP contribution in [0.3, 0.4) is 0 Å². The van der Waals surface area contributed by atoms with Gasteiger partial charge in [0.1, 0.15) is 0 Å². The normalized spacial score (nSPS) is 30.7. The number of hydrogen-bond donors (Lipinski definition) is 0. The SMILES string of the molecule is CCOc1ccc(C2CC3C=CC2N(C)C3)cn1. The van der Waals surface area contributed by atoms with Crippen LogP contribution in [0.25, 0.3) is 0 Å². The first-order chi connectivity index (χ1) is 8.78. The van der Waals surface area contributed by atoms with Crippen LogP contribution in [0.1, 0.15) is 24.8 Å². The monoisotopic (exact) mass is 244 g/mol. The van der Waals surface area contributed by atoms with Gasteiger partial charge in [0.2, 0.25) is 5.88 Å². The molecule has 3 aliphatic rings. The van der Waals surface area contributed by atoms with Crippen LogP contribution in [0.4, 0.5) is 0 Å². The van der Waals surface area contributed by atoms with Crippen molar-refractivity contribution in [2.24, 2.45) is 5.92 Å². The van der Waals surface area contributed by atoms with E-state index >= 15 is 0 Å². The molecule has 3 atom stereocenters. The van der Waals surface area contributed by atoms with E-state index in [9.17, 15) is 0 Å². The summed E-state index contributed by atoms with van der Waals surface area (Å²) in [4.78, 5) is 6.84. The van der Waals surface area contributed by atoms with Crippen molar-refractivity contribution in [1.29, 1.82) is 0 Å². The van der Waals surface area contributed by atoms with Crippen molar-refractivity contribution in [3.63, 3.8) is 0 Å². The van der Waals surface area contributed by atoms with Gasteiger partial charge in [0, 0.05) is 30.8 Å². The number of likely N-dealkylation sites (N-methyl/N-ethyl adjacent to an activating group) is 1. The second-order valence-corrected chi connectivity index (χ2v) is 5.28. The average molecular weight is 244 g/mol. The molecular weight excluding hydrogens is 224 g/mol. The van der Waals surface area contributed by atoms with Gasteiger partial charge in [-0.3, -0.25) is 4.90 Å². The van der Waals surface area contributed by atoms with E-state index in [1.54, 1.807) is 0 Å². The summed E-state index contributed by atoms with van der Waals surface area (Å²) in [6.45, 7) is 3.85. The minimum Gasteiger partial charge on any atom is -0.478 e. The second-order valence-electron chi connectivity index (χ2n) is 5.28. The molecule has 96 valence electrons. The first-order valence-corrected chi connectivity index (χ1v) is 6.75. The van der Waals surface area contributed by atoms with E-state index in [1.807, 2.05) is 19.2 Å². The van der Waals surface area contributed by atoms with Crippen molar-refractivity contribution < 1.29 is 4.74 Å². The molecule has 2 bridgehead atoms. The van der Waals surface area contributed by atoms with Gasteiger partial charge < -0.3 is 4.74 Å². The molecule has 0 N–H and O–H groups in total. The van der Waals surface area contributed by atoms with Gasteiger partial charge in [0.25, 0.3) is 0 Å². The van der Waals surface area contributed by atoms with Crippen molar-refractivity contribution in [3.05, 3.63) is 36.0 Å². The maximum Gasteiger partial charge on any atom is 0.213 e. The number of piperidine rings is 1. The summed E-state index contributed by atoms with van der Waals surface area (Å²) in [5, 5.41) is 0. The summed E-state index contributed by atoms with van der Waals surface area (Å²) >= 11 is 0. The number of pyridine rings is 1. The van der Waals surface area contributed by atoms with Crippen LogP contribution < -0.4 is 4.74 Å². The third-order valence-corrected chi connectivity index (χ3v) is 4.06. The topological polar surface area (TPSA) is 25.4 Å². The minimum atomic E-state index is 0.537. The van der Waals surface area contributed by atoms with E-state index in [0.29, 0.717) is 24.5 Å². The quantitative estimate of drug-likeness (QED) is 0.764. The number of hydrogen-bond acceptors (Lipinski definition) is 3. The van der Waals surface area contributed by atoms with Crippen molar-refractivity contribution in [3.8, 4) is 5.88 Å². The second kappa shape index (κ2) is 4.73. The number of aromatic nitrogens is 1. The van der Waals surface area contributed by atoms with E-state index in [-0.39, 0.29) is 0 Å². The maximum atomic E-state index is 5.40. The highest BCUT2D eigenvalue weighted by molar-refractivity contribution is 5.28. The van der Waals surface area contributed by atoms with Crippen molar-refractivity contribution in [1.82, 2.24) is 9.88 Å². The zero-order valence-electron chi connectivity index (χ0n) is 11.0. The van der Waals surface area contributed by atoms with Gasteiger partial charge in [-0.1, -0.05) is 18.2 Å². The van der Waals surface area contributed by atoms with Crippen LogP contribution in [0.2, 0.25) is 0 Å². The lowest BCUT2D eigenvalue weighted by atomic mass is 9.75. The summed E-state index contributed by atoms with van der Waals surface area (Å²) in [7, 11) is 2.22. The Labute approximate surface area is 108 Å². The van der Waals surface area contributed by atoms with Gasteiger partial charge in [-0.2, -0.15) is 0 Å². The summed E-state index contributed by atoms with van der Waals surface area (Å²) < 4.78 is 5.40. The third kappa shape index (κ3) is 2.03. The summed E-state index contributed by atoms with van der Waals surface area (Å²) in [6, 6.07) is 4.70. The Hall–Kier alpha value is -1.35. The number of rotatable bonds is 3. The van der Waals surface area contributed by atoms with Crippen molar-refractivity contribution in [2.45, 2.75) is 25.3 Å². The Balaban J connectivity index is 1.81. The van der Waals surface area contributed by atoms with Crippen LogP contribution in [-0.4, -0.2) is 36.1 Å². The molecule has 4 rings (SSSR count). The van der Waals surface area contributed by atoms with E-state index < -0.39 is 0 Å². The molecule has 0 amide bonds. The van der Waals surface area contributed by atoms with Crippen LogP contribution in [0, 0.1) is 5.92 Å². The van der Waals surface area contributed by atoms with Crippen LogP contribution in [-0.2, 0) is 0 Å². The smallest absolute Gasteiger partial charge is 0.213 e. The van der Waals surface area contributed by atoms with Gasteiger partial charge in [-0.15, -0.1) is 0 Å². The van der Waals surface area contributed by atoms with Crippen molar-refractivity contribution in [2.75, 3.05) is 20.2 Å². The van der Waals surface area contributed by atoms with Gasteiger partial charge in [0.15, 0.2) is 0 Å². The zero-order chi connectivity index (χ0) is 12.5. The highest BCUT2D eigenvalue weighted by atomic mass is 16.5. The first-order valence-electron chi connectivity index (χ1n) is 6.75. The highest BCUT2D eigenvalue weighted by Crippen LogP contribution is 2.39. The molecule has 0 radical (unpaired) electrons. The van der Waals surface area contributed by atoms with E-state index in [2.05, 4.69) is 35.1 Å². The molecule has 3 heteroatoms. The highest BCUT2D eigenvalue weighted by Gasteiger charge is 2.36. The lowest BCUT2D eigenvalue weighted by molar-refractivity contribution is 0.147. The Morgan fingerprint density at radius 1 is 1.39 bits per heavy atom. The molecule has 0 saturated carbocycles. The summed E-state index contributed by atoms with van der Waals surface area (Å²) in [5.41, 5.74) is 1.34. The fraction of sp³-hybridized carbons (Fsp3) is 0.533. The van der Waals surface area contributed by atoms with E-state index in [4.69, 9.17) is 4.74 Å². The fourth-order valence-corrected chi connectivity index (χ4v) is 3.21. The van der Waals surface area contributed by atoms with Gasteiger partial charge in [-0.05, 0) is 31.9 Å². The van der Waals surface area contributed by atoms with E-state index in [1.165, 1.54) is 18.5 Å². The van der Waals surface area contributed by atoms with Gasteiger partial charge >= 0.3 is 0 Å². The minimum absolute atomic E-state index is 0.537. The number of nitrogens with zero attached hydrogens (tertiary/aromatic N) is 2. The Kier molecular flexibility index (Phi) is 3.08. The maximum absolute atomic E-state index is 5.40. The van der Waals surface area contributed by atoms with Crippen LogP contribution in [0.5, 0.6) is 5.88 Å². The molecule has 3 unspecified atom stereocenters. The Morgan fingerprint density at radius 3 is 2.89 bits per heavy atom. The molecule has 1 saturated heterocycles. The molecule has 3 heterocycles. The first kappa shape index (κ1) is 11.7. The number of fused-ring (bicyclic) bond motifs is 2. The van der Waals surface area contributed by atoms with Gasteiger partial charge in [-0.25, -0.2) is 4.98 Å². The zero-order valence-corrected chi connectivity index (χ0v) is 11.0. The molecule has 0 spiro atoms. The largest absolute Gasteiger partial charge is 0.478 e. The lowest BCUT2D eigenvalue weighted by Crippen LogP contribution is -2.47. The standard InChI is InChI=1S/C15H20N2O/c1-3-18-15-7-5-12(9-16-15)13-8-11-4-6-14(13)17(2)10-11/h4-7,9,11,13-14H,3,8,10H2,1-2H3. The fourth-order valence-electron chi connectivity index (χ4n) is 3.21. The van der Waals surface area contributed by atoms with Crippen LogP contribution in [0.15, 0.2) is 30.5 Å². The van der Waals surface area contributed by atoms with E-state index in [0.717, 1.165) is 5.88 Å². The molecule has 1 aromatic rings. The molecule has 2 aliphatic heterocycles. The Morgan fingerprint density at radius 2 is 2.28 bits per heavy atom. The van der Waals surface area contributed by atoms with Crippen LogP contribution >= 0.6 is 0 Å². The van der Waals surface area contributed by atoms with Crippen molar-refractivity contribution >= 4 is 0 Å². The Bertz CT molecular complexity index is 440. The predicted molar refractivity (Wildman–Crippen MR) is 71.8 cm³/mol. The summed E-state index contributed by atoms with van der Waals surface area (Å²) in [5.74, 6) is 2.02. The molecule has 1 fully saturated rings. The molecule has 1 aliphatic carbocycles.